The summed E-state index contributed by atoms with van der Waals surface area (Å²) in [7, 11) is 0. The first-order chi connectivity index (χ1) is 5.78. The molecule has 2 atom stereocenters. The molecule has 0 bridgehead atoms. The monoisotopic (exact) mass is 170 g/mol. The largest absolute Gasteiger partial charge is 0.396 e. The Bertz CT molecular complexity index is 116. The van der Waals surface area contributed by atoms with Crippen LogP contribution in [0.1, 0.15) is 12.8 Å². The lowest BCUT2D eigenvalue weighted by atomic mass is 9.97. The third-order valence-electron chi connectivity index (χ3n) is 2.04. The van der Waals surface area contributed by atoms with Gasteiger partial charge in [-0.15, -0.1) is 13.2 Å². The first kappa shape index (κ1) is 11.4. The second-order valence-electron chi connectivity index (χ2n) is 2.93. The minimum atomic E-state index is 0.138. The molecule has 0 aromatic rings. The van der Waals surface area contributed by atoms with Crippen LogP contribution in [-0.2, 0) is 0 Å². The van der Waals surface area contributed by atoms with Crippen molar-refractivity contribution in [2.24, 2.45) is 11.8 Å². The van der Waals surface area contributed by atoms with Crippen LogP contribution in [0.25, 0.3) is 0 Å². The molecule has 0 aliphatic heterocycles. The Hall–Kier alpha value is -0.600. The van der Waals surface area contributed by atoms with Crippen molar-refractivity contribution in [3.8, 4) is 0 Å². The minimum Gasteiger partial charge on any atom is -0.396 e. The predicted octanol–water partition coefficient (Wildman–Crippen LogP) is 1.36. The van der Waals surface area contributed by atoms with Crippen molar-refractivity contribution < 1.29 is 10.2 Å². The highest BCUT2D eigenvalue weighted by Crippen LogP contribution is 2.13. The highest BCUT2D eigenvalue weighted by Gasteiger charge is 2.06. The van der Waals surface area contributed by atoms with Crippen LogP contribution in [0.15, 0.2) is 25.3 Å². The van der Waals surface area contributed by atoms with Gasteiger partial charge in [0.15, 0.2) is 0 Å². The van der Waals surface area contributed by atoms with E-state index in [-0.39, 0.29) is 25.0 Å². The van der Waals surface area contributed by atoms with Crippen molar-refractivity contribution >= 4 is 0 Å². The van der Waals surface area contributed by atoms with Crippen molar-refractivity contribution in [1.82, 2.24) is 0 Å². The van der Waals surface area contributed by atoms with E-state index in [2.05, 4.69) is 13.2 Å². The van der Waals surface area contributed by atoms with Crippen LogP contribution in [0.2, 0.25) is 0 Å². The van der Waals surface area contributed by atoms with Gasteiger partial charge in [-0.2, -0.15) is 0 Å². The van der Waals surface area contributed by atoms with Gasteiger partial charge in [0.1, 0.15) is 0 Å². The van der Waals surface area contributed by atoms with Crippen molar-refractivity contribution in [2.75, 3.05) is 13.2 Å². The third-order valence-corrected chi connectivity index (χ3v) is 2.04. The van der Waals surface area contributed by atoms with E-state index in [1.54, 1.807) is 12.2 Å². The van der Waals surface area contributed by atoms with E-state index in [1.165, 1.54) is 0 Å². The molecule has 2 unspecified atom stereocenters. The summed E-state index contributed by atoms with van der Waals surface area (Å²) >= 11 is 0. The Morgan fingerprint density at radius 1 is 0.917 bits per heavy atom. The van der Waals surface area contributed by atoms with Gasteiger partial charge in [0.2, 0.25) is 0 Å². The molecular formula is C10H18O2. The molecule has 2 nitrogen and oxygen atoms in total. The van der Waals surface area contributed by atoms with E-state index in [4.69, 9.17) is 10.2 Å². The molecule has 70 valence electrons. The minimum absolute atomic E-state index is 0.138. The molecule has 0 aliphatic rings. The fraction of sp³-hybridized carbons (Fsp3) is 0.600. The Morgan fingerprint density at radius 2 is 1.25 bits per heavy atom. The molecule has 0 aromatic carbocycles. The molecule has 0 amide bonds. The maximum absolute atomic E-state index is 8.82. The van der Waals surface area contributed by atoms with Gasteiger partial charge in [0.25, 0.3) is 0 Å². The van der Waals surface area contributed by atoms with Crippen LogP contribution in [0.4, 0.5) is 0 Å². The highest BCUT2D eigenvalue weighted by atomic mass is 16.3. The van der Waals surface area contributed by atoms with E-state index in [9.17, 15) is 0 Å². The molecule has 0 fully saturated rings. The van der Waals surface area contributed by atoms with Gasteiger partial charge >= 0.3 is 0 Å². The second-order valence-corrected chi connectivity index (χ2v) is 2.93. The smallest absolute Gasteiger partial charge is 0.0493 e. The van der Waals surface area contributed by atoms with E-state index < -0.39 is 0 Å². The zero-order valence-electron chi connectivity index (χ0n) is 7.45. The first-order valence-corrected chi connectivity index (χ1v) is 4.25. The van der Waals surface area contributed by atoms with Crippen LogP contribution in [0, 0.1) is 11.8 Å². The maximum atomic E-state index is 8.82. The van der Waals surface area contributed by atoms with Crippen LogP contribution in [0.3, 0.4) is 0 Å². The topological polar surface area (TPSA) is 40.5 Å². The third kappa shape index (κ3) is 4.31. The van der Waals surface area contributed by atoms with Gasteiger partial charge in [-0.3, -0.25) is 0 Å². The SMILES string of the molecule is C=CC(CO)CCC(C=C)CO. The summed E-state index contributed by atoms with van der Waals surface area (Å²) in [4.78, 5) is 0. The summed E-state index contributed by atoms with van der Waals surface area (Å²) in [6.07, 6.45) is 5.21. The lowest BCUT2D eigenvalue weighted by molar-refractivity contribution is 0.217. The van der Waals surface area contributed by atoms with E-state index in [0.29, 0.717) is 0 Å². The van der Waals surface area contributed by atoms with Gasteiger partial charge < -0.3 is 10.2 Å². The quantitative estimate of drug-likeness (QED) is 0.566. The lowest BCUT2D eigenvalue weighted by Crippen LogP contribution is -2.08. The molecule has 0 heterocycles. The highest BCUT2D eigenvalue weighted by molar-refractivity contribution is 4.83. The van der Waals surface area contributed by atoms with Crippen molar-refractivity contribution in [3.63, 3.8) is 0 Å². The first-order valence-electron chi connectivity index (χ1n) is 4.25. The molecule has 0 spiro atoms. The van der Waals surface area contributed by atoms with Gasteiger partial charge in [-0.1, -0.05) is 12.2 Å². The van der Waals surface area contributed by atoms with Crippen LogP contribution < -0.4 is 0 Å². The summed E-state index contributed by atoms with van der Waals surface area (Å²) in [6, 6.07) is 0. The van der Waals surface area contributed by atoms with Crippen LogP contribution in [0.5, 0.6) is 0 Å². The molecule has 2 N–H and O–H groups in total. The Labute approximate surface area is 74.2 Å². The Morgan fingerprint density at radius 3 is 1.42 bits per heavy atom. The van der Waals surface area contributed by atoms with E-state index in [1.807, 2.05) is 0 Å². The molecule has 2 heteroatoms. The second kappa shape index (κ2) is 7.07. The fourth-order valence-corrected chi connectivity index (χ4v) is 0.995. The summed E-state index contributed by atoms with van der Waals surface area (Å²) in [5.74, 6) is 0.304. The lowest BCUT2D eigenvalue weighted by Gasteiger charge is -2.12. The molecule has 0 saturated heterocycles. The van der Waals surface area contributed by atoms with Gasteiger partial charge in [0, 0.05) is 13.2 Å². The van der Waals surface area contributed by atoms with E-state index >= 15 is 0 Å². The summed E-state index contributed by atoms with van der Waals surface area (Å²) in [5.41, 5.74) is 0. The zero-order valence-corrected chi connectivity index (χ0v) is 7.45. The molecule has 0 radical (unpaired) electrons. The number of hydrogen-bond acceptors (Lipinski definition) is 2. The average Bonchev–Trinajstić information content (AvgIpc) is 2.13. The fourth-order valence-electron chi connectivity index (χ4n) is 0.995. The molecule has 0 saturated carbocycles. The van der Waals surface area contributed by atoms with Crippen molar-refractivity contribution in [3.05, 3.63) is 25.3 Å². The molecular weight excluding hydrogens is 152 g/mol. The summed E-state index contributed by atoms with van der Waals surface area (Å²) in [6.45, 7) is 7.50. The molecule has 0 aromatic heterocycles. The number of hydrogen-bond donors (Lipinski definition) is 2. The van der Waals surface area contributed by atoms with Crippen LogP contribution >= 0.6 is 0 Å². The van der Waals surface area contributed by atoms with Crippen molar-refractivity contribution in [1.29, 1.82) is 0 Å². The maximum Gasteiger partial charge on any atom is 0.0493 e. The zero-order chi connectivity index (χ0) is 9.40. The predicted molar refractivity (Wildman–Crippen MR) is 50.8 cm³/mol. The average molecular weight is 170 g/mol. The Kier molecular flexibility index (Phi) is 6.72. The number of aliphatic hydroxyl groups is 2. The summed E-state index contributed by atoms with van der Waals surface area (Å²) in [5, 5.41) is 17.6. The van der Waals surface area contributed by atoms with Gasteiger partial charge in [-0.05, 0) is 24.7 Å². The normalized spacial score (nSPS) is 15.2. The van der Waals surface area contributed by atoms with E-state index in [0.717, 1.165) is 12.8 Å². The van der Waals surface area contributed by atoms with Crippen molar-refractivity contribution in [2.45, 2.75) is 12.8 Å². The Balaban J connectivity index is 3.62. The standard InChI is InChI=1S/C10H18O2/c1-3-9(7-11)5-6-10(4-2)8-12/h3-4,9-12H,1-2,5-8H2. The summed E-state index contributed by atoms with van der Waals surface area (Å²) < 4.78 is 0. The molecule has 0 aliphatic carbocycles. The van der Waals surface area contributed by atoms with Gasteiger partial charge in [-0.25, -0.2) is 0 Å². The van der Waals surface area contributed by atoms with Gasteiger partial charge in [0.05, 0.1) is 0 Å². The molecule has 0 rings (SSSR count). The van der Waals surface area contributed by atoms with Crippen LogP contribution in [-0.4, -0.2) is 23.4 Å². The number of aliphatic hydroxyl groups excluding tert-OH is 2. The molecule has 12 heavy (non-hydrogen) atoms. The number of rotatable bonds is 7.